The van der Waals surface area contributed by atoms with Gasteiger partial charge in [-0.15, -0.1) is 0 Å². The van der Waals surface area contributed by atoms with Gasteiger partial charge in [-0.25, -0.2) is 16.8 Å². The minimum Gasteiger partial charge on any atom is -0.351 e. The van der Waals surface area contributed by atoms with Gasteiger partial charge in [0.05, 0.1) is 15.9 Å². The largest absolute Gasteiger partial charge is 0.351 e. The first-order valence-electron chi connectivity index (χ1n) is 6.50. The minimum absolute atomic E-state index is 0.0923. The van der Waals surface area contributed by atoms with Crippen LogP contribution in [0.4, 0.5) is 0 Å². The van der Waals surface area contributed by atoms with Gasteiger partial charge in [-0.2, -0.15) is 0 Å². The van der Waals surface area contributed by atoms with Crippen molar-refractivity contribution < 1.29 is 21.6 Å². The highest BCUT2D eigenvalue weighted by Gasteiger charge is 2.31. The Morgan fingerprint density at radius 1 is 1.29 bits per heavy atom. The van der Waals surface area contributed by atoms with Crippen molar-refractivity contribution in [3.05, 3.63) is 29.8 Å². The number of sulfone groups is 2. The molecule has 0 spiro atoms. The topological polar surface area (TPSA) is 97.4 Å². The zero-order chi connectivity index (χ0) is 15.7. The van der Waals surface area contributed by atoms with E-state index in [1.807, 2.05) is 0 Å². The third-order valence-corrected chi connectivity index (χ3v) is 6.90. The Balaban J connectivity index is 2.01. The van der Waals surface area contributed by atoms with Crippen molar-refractivity contribution in [3.8, 4) is 0 Å². The van der Waals surface area contributed by atoms with Crippen molar-refractivity contribution in [2.45, 2.75) is 23.0 Å². The molecule has 1 aromatic rings. The van der Waals surface area contributed by atoms with Gasteiger partial charge in [0.15, 0.2) is 19.7 Å². The van der Waals surface area contributed by atoms with Crippen LogP contribution < -0.4 is 5.32 Å². The normalized spacial score (nSPS) is 21.1. The highest BCUT2D eigenvalue weighted by atomic mass is 32.2. The Hall–Kier alpha value is -1.41. The molecule has 1 atom stereocenters. The fraction of sp³-hybridized carbons (Fsp3) is 0.462. The van der Waals surface area contributed by atoms with Crippen LogP contribution in [-0.2, 0) is 19.7 Å². The molecule has 21 heavy (non-hydrogen) atoms. The highest BCUT2D eigenvalue weighted by Crippen LogP contribution is 2.19. The summed E-state index contributed by atoms with van der Waals surface area (Å²) in [7, 11) is -6.38. The molecule has 1 amide bonds. The number of benzene rings is 1. The molecule has 0 saturated carbocycles. The van der Waals surface area contributed by atoms with Crippen LogP contribution in [0.3, 0.4) is 0 Å². The molecule has 1 heterocycles. The lowest BCUT2D eigenvalue weighted by molar-refractivity contribution is 0.0953. The fourth-order valence-corrected chi connectivity index (χ4v) is 4.65. The number of nitrogens with one attached hydrogen (secondary N) is 1. The average Bonchev–Trinajstić information content (AvgIpc) is 2.74. The van der Waals surface area contributed by atoms with Gasteiger partial charge in [-0.3, -0.25) is 4.79 Å². The summed E-state index contributed by atoms with van der Waals surface area (Å²) in [5.74, 6) is -0.228. The summed E-state index contributed by atoms with van der Waals surface area (Å²) in [6.07, 6.45) is 2.29. The van der Waals surface area contributed by atoms with Gasteiger partial charge in [0.2, 0.25) is 0 Å². The molecule has 1 saturated heterocycles. The van der Waals surface area contributed by atoms with E-state index in [-0.39, 0.29) is 17.2 Å². The molecular formula is C13H17NO5S2. The van der Waals surface area contributed by atoms with Crippen LogP contribution in [0.1, 0.15) is 23.2 Å². The first-order valence-corrected chi connectivity index (χ1v) is 10.1. The summed E-state index contributed by atoms with van der Waals surface area (Å²) < 4.78 is 45.9. The van der Waals surface area contributed by atoms with Crippen LogP contribution in [-0.4, -0.2) is 46.5 Å². The number of hydrogen-bond acceptors (Lipinski definition) is 5. The van der Waals surface area contributed by atoms with E-state index < -0.39 is 30.8 Å². The minimum atomic E-state index is -3.30. The van der Waals surface area contributed by atoms with Gasteiger partial charge in [-0.1, -0.05) is 0 Å². The number of carbonyl (C=O) groups excluding carboxylic acids is 1. The van der Waals surface area contributed by atoms with Crippen molar-refractivity contribution in [3.63, 3.8) is 0 Å². The van der Waals surface area contributed by atoms with Crippen LogP contribution >= 0.6 is 0 Å². The van der Waals surface area contributed by atoms with E-state index in [0.717, 1.165) is 6.26 Å². The zero-order valence-corrected chi connectivity index (χ0v) is 13.2. The highest BCUT2D eigenvalue weighted by molar-refractivity contribution is 7.92. The number of rotatable bonds is 4. The predicted molar refractivity (Wildman–Crippen MR) is 78.7 cm³/mol. The maximum Gasteiger partial charge on any atom is 0.251 e. The molecule has 0 aliphatic carbocycles. The Morgan fingerprint density at radius 2 is 1.90 bits per heavy atom. The first kappa shape index (κ1) is 16.0. The van der Waals surface area contributed by atoms with Crippen LogP contribution in [0.2, 0.25) is 0 Å². The Labute approximate surface area is 124 Å². The molecule has 1 aromatic carbocycles. The summed E-state index contributed by atoms with van der Waals surface area (Å²) in [6.45, 7) is 0.0923. The van der Waals surface area contributed by atoms with Crippen LogP contribution in [0.15, 0.2) is 29.2 Å². The van der Waals surface area contributed by atoms with Gasteiger partial charge in [0.25, 0.3) is 5.91 Å². The van der Waals surface area contributed by atoms with Crippen LogP contribution in [0.25, 0.3) is 0 Å². The molecule has 1 aliphatic rings. The summed E-state index contributed by atoms with van der Waals surface area (Å²) >= 11 is 0. The van der Waals surface area contributed by atoms with E-state index in [0.29, 0.717) is 18.4 Å². The molecular weight excluding hydrogens is 314 g/mol. The fourth-order valence-electron chi connectivity index (χ4n) is 2.25. The number of amides is 1. The standard InChI is InChI=1S/C13H17NO5S2/c1-20(16,17)11-6-4-10(5-7-11)13(15)14-9-12-3-2-8-21(12,18)19/h4-7,12H,2-3,8-9H2,1H3,(H,14,15). The lowest BCUT2D eigenvalue weighted by Gasteiger charge is -2.11. The second-order valence-corrected chi connectivity index (χ2v) is 9.55. The third-order valence-electron chi connectivity index (χ3n) is 3.50. The van der Waals surface area contributed by atoms with Gasteiger partial charge in [0.1, 0.15) is 0 Å². The molecule has 8 heteroatoms. The van der Waals surface area contributed by atoms with Crippen molar-refractivity contribution in [1.82, 2.24) is 5.32 Å². The van der Waals surface area contributed by atoms with E-state index in [2.05, 4.69) is 5.32 Å². The van der Waals surface area contributed by atoms with Crippen molar-refractivity contribution in [2.24, 2.45) is 0 Å². The Morgan fingerprint density at radius 3 is 2.38 bits per heavy atom. The second-order valence-electron chi connectivity index (χ2n) is 5.14. The molecule has 1 aliphatic heterocycles. The van der Waals surface area contributed by atoms with E-state index >= 15 is 0 Å². The molecule has 116 valence electrons. The molecule has 0 bridgehead atoms. The Bertz CT molecular complexity index is 735. The maximum absolute atomic E-state index is 11.9. The van der Waals surface area contributed by atoms with E-state index in [9.17, 15) is 21.6 Å². The molecule has 1 N–H and O–H groups in total. The zero-order valence-electron chi connectivity index (χ0n) is 11.6. The van der Waals surface area contributed by atoms with Crippen LogP contribution in [0.5, 0.6) is 0 Å². The predicted octanol–water partition coefficient (Wildman–Crippen LogP) is 0.397. The molecule has 2 rings (SSSR count). The Kier molecular flexibility index (Phi) is 4.38. The lowest BCUT2D eigenvalue weighted by Crippen LogP contribution is -2.34. The summed E-state index contributed by atoms with van der Waals surface area (Å²) in [4.78, 5) is 12.1. The van der Waals surface area contributed by atoms with Gasteiger partial charge in [0, 0.05) is 18.4 Å². The monoisotopic (exact) mass is 331 g/mol. The number of carbonyl (C=O) groups is 1. The molecule has 0 radical (unpaired) electrons. The third kappa shape index (κ3) is 3.82. The lowest BCUT2D eigenvalue weighted by atomic mass is 10.2. The summed E-state index contributed by atoms with van der Waals surface area (Å²) in [6, 6.07) is 5.54. The second kappa shape index (κ2) is 5.76. The van der Waals surface area contributed by atoms with Crippen molar-refractivity contribution in [2.75, 3.05) is 18.6 Å². The molecule has 0 aromatic heterocycles. The van der Waals surface area contributed by atoms with E-state index in [4.69, 9.17) is 0 Å². The summed E-state index contributed by atoms with van der Waals surface area (Å²) in [5, 5.41) is 2.07. The quantitative estimate of drug-likeness (QED) is 0.861. The van der Waals surface area contributed by atoms with Crippen molar-refractivity contribution in [1.29, 1.82) is 0 Å². The van der Waals surface area contributed by atoms with E-state index in [1.54, 1.807) is 0 Å². The first-order chi connectivity index (χ1) is 9.70. The van der Waals surface area contributed by atoms with Gasteiger partial charge >= 0.3 is 0 Å². The molecule has 1 unspecified atom stereocenters. The van der Waals surface area contributed by atoms with E-state index in [1.165, 1.54) is 24.3 Å². The average molecular weight is 331 g/mol. The molecule has 1 fully saturated rings. The van der Waals surface area contributed by atoms with Gasteiger partial charge in [-0.05, 0) is 37.1 Å². The summed E-state index contributed by atoms with van der Waals surface area (Å²) in [5.41, 5.74) is 0.304. The van der Waals surface area contributed by atoms with Crippen molar-refractivity contribution >= 4 is 25.6 Å². The molecule has 6 nitrogen and oxygen atoms in total. The number of hydrogen-bond donors (Lipinski definition) is 1. The SMILES string of the molecule is CS(=O)(=O)c1ccc(C(=O)NCC2CCCS2(=O)=O)cc1. The van der Waals surface area contributed by atoms with Gasteiger partial charge < -0.3 is 5.32 Å². The maximum atomic E-state index is 11.9. The smallest absolute Gasteiger partial charge is 0.251 e. The van der Waals surface area contributed by atoms with Crippen LogP contribution in [0, 0.1) is 0 Å².